The highest BCUT2D eigenvalue weighted by molar-refractivity contribution is 9.10. The van der Waals surface area contributed by atoms with Crippen LogP contribution in [0.25, 0.3) is 11.5 Å². The summed E-state index contributed by atoms with van der Waals surface area (Å²) in [6, 6.07) is 13.3. The average Bonchev–Trinajstić information content (AvgIpc) is 3.17. The number of piperazine rings is 1. The first-order valence-corrected chi connectivity index (χ1v) is 9.74. The lowest BCUT2D eigenvalue weighted by molar-refractivity contribution is 0.0618. The van der Waals surface area contributed by atoms with Gasteiger partial charge >= 0.3 is 0 Å². The van der Waals surface area contributed by atoms with Crippen molar-refractivity contribution in [2.45, 2.75) is 6.54 Å². The number of halogens is 2. The fourth-order valence-electron chi connectivity index (χ4n) is 3.14. The molecular weight excluding hydrogens is 427 g/mol. The molecule has 144 valence electrons. The van der Waals surface area contributed by atoms with Crippen LogP contribution in [0.2, 0.25) is 0 Å². The molecule has 0 radical (unpaired) electrons. The molecule has 0 spiro atoms. The predicted octanol–water partition coefficient (Wildman–Crippen LogP) is 3.60. The quantitative estimate of drug-likeness (QED) is 0.615. The highest BCUT2D eigenvalue weighted by atomic mass is 79.9. The van der Waals surface area contributed by atoms with Crippen LogP contribution in [0.5, 0.6) is 0 Å². The zero-order valence-corrected chi connectivity index (χ0v) is 16.6. The molecule has 1 amide bonds. The molecule has 1 fully saturated rings. The Morgan fingerprint density at radius 2 is 1.75 bits per heavy atom. The lowest BCUT2D eigenvalue weighted by Gasteiger charge is -2.34. The van der Waals surface area contributed by atoms with Gasteiger partial charge in [0.25, 0.3) is 5.91 Å². The summed E-state index contributed by atoms with van der Waals surface area (Å²) in [4.78, 5) is 16.5. The van der Waals surface area contributed by atoms with Crippen molar-refractivity contribution in [3.63, 3.8) is 0 Å². The van der Waals surface area contributed by atoms with E-state index in [1.165, 1.54) is 24.3 Å². The predicted molar refractivity (Wildman–Crippen MR) is 105 cm³/mol. The molecule has 8 heteroatoms. The van der Waals surface area contributed by atoms with E-state index in [0.717, 1.165) is 10.0 Å². The van der Waals surface area contributed by atoms with Crippen LogP contribution < -0.4 is 0 Å². The van der Waals surface area contributed by atoms with Gasteiger partial charge in [-0.3, -0.25) is 9.69 Å². The molecule has 1 saturated heterocycles. The largest absolute Gasteiger partial charge is 0.419 e. The monoisotopic (exact) mass is 444 g/mol. The van der Waals surface area contributed by atoms with E-state index in [-0.39, 0.29) is 11.7 Å². The van der Waals surface area contributed by atoms with Crippen molar-refractivity contribution >= 4 is 21.8 Å². The van der Waals surface area contributed by atoms with E-state index in [0.29, 0.717) is 50.1 Å². The number of hydrogen-bond donors (Lipinski definition) is 0. The van der Waals surface area contributed by atoms with Gasteiger partial charge < -0.3 is 9.32 Å². The van der Waals surface area contributed by atoms with Crippen LogP contribution >= 0.6 is 15.9 Å². The first-order valence-electron chi connectivity index (χ1n) is 8.94. The Balaban J connectivity index is 1.34. The fraction of sp³-hybridized carbons (Fsp3) is 0.250. The second-order valence-corrected chi connectivity index (χ2v) is 7.41. The lowest BCUT2D eigenvalue weighted by atomic mass is 10.2. The van der Waals surface area contributed by atoms with Gasteiger partial charge in [-0.2, -0.15) is 0 Å². The van der Waals surface area contributed by atoms with E-state index in [1.807, 2.05) is 24.3 Å². The zero-order valence-electron chi connectivity index (χ0n) is 15.0. The van der Waals surface area contributed by atoms with E-state index in [1.54, 1.807) is 4.90 Å². The lowest BCUT2D eigenvalue weighted by Crippen LogP contribution is -2.48. The maximum atomic E-state index is 13.0. The average molecular weight is 445 g/mol. The van der Waals surface area contributed by atoms with Gasteiger partial charge in [-0.1, -0.05) is 12.1 Å². The van der Waals surface area contributed by atoms with E-state index >= 15 is 0 Å². The molecule has 1 aromatic heterocycles. The smallest absolute Gasteiger partial charge is 0.253 e. The summed E-state index contributed by atoms with van der Waals surface area (Å²) >= 11 is 3.49. The number of benzene rings is 2. The number of hydrogen-bond acceptors (Lipinski definition) is 5. The molecule has 0 N–H and O–H groups in total. The Morgan fingerprint density at radius 1 is 1.04 bits per heavy atom. The Bertz CT molecular complexity index is 968. The van der Waals surface area contributed by atoms with Gasteiger partial charge in [0.2, 0.25) is 11.8 Å². The van der Waals surface area contributed by atoms with Crippen molar-refractivity contribution < 1.29 is 13.6 Å². The molecule has 0 bridgehead atoms. The highest BCUT2D eigenvalue weighted by Gasteiger charge is 2.23. The van der Waals surface area contributed by atoms with Crippen molar-refractivity contribution in [3.05, 3.63) is 70.3 Å². The molecule has 3 aromatic rings. The molecule has 0 atom stereocenters. The minimum Gasteiger partial charge on any atom is -0.419 e. The highest BCUT2D eigenvalue weighted by Crippen LogP contribution is 2.27. The Kier molecular flexibility index (Phi) is 5.50. The molecule has 2 heterocycles. The summed E-state index contributed by atoms with van der Waals surface area (Å²) in [6.07, 6.45) is 0. The van der Waals surface area contributed by atoms with Crippen molar-refractivity contribution in [2.75, 3.05) is 26.2 Å². The summed E-state index contributed by atoms with van der Waals surface area (Å²) in [6.45, 7) is 3.15. The second-order valence-electron chi connectivity index (χ2n) is 6.56. The van der Waals surface area contributed by atoms with Gasteiger partial charge in [0.05, 0.1) is 12.1 Å². The molecule has 0 unspecified atom stereocenters. The second kappa shape index (κ2) is 8.20. The Hall–Kier alpha value is -2.58. The van der Waals surface area contributed by atoms with Crippen molar-refractivity contribution in [3.8, 4) is 11.5 Å². The van der Waals surface area contributed by atoms with Crippen LogP contribution in [0.15, 0.2) is 57.4 Å². The molecular formula is C20H18BrFN4O2. The molecule has 0 aliphatic carbocycles. The summed E-state index contributed by atoms with van der Waals surface area (Å²) in [5.74, 6) is 0.605. The first kappa shape index (κ1) is 18.8. The number of nitrogens with zero attached hydrogens (tertiary/aromatic N) is 4. The minimum absolute atomic E-state index is 0.0753. The topological polar surface area (TPSA) is 62.5 Å². The third-order valence-electron chi connectivity index (χ3n) is 4.68. The summed E-state index contributed by atoms with van der Waals surface area (Å²) in [7, 11) is 0. The first-order chi connectivity index (χ1) is 13.6. The van der Waals surface area contributed by atoms with Crippen LogP contribution in [0.3, 0.4) is 0 Å². The number of carbonyl (C=O) groups excluding carboxylic acids is 1. The molecule has 0 saturated carbocycles. The number of amides is 1. The van der Waals surface area contributed by atoms with Crippen molar-refractivity contribution in [1.82, 2.24) is 20.0 Å². The van der Waals surface area contributed by atoms with Gasteiger partial charge in [-0.25, -0.2) is 4.39 Å². The Labute approximate surface area is 170 Å². The molecule has 1 aliphatic heterocycles. The number of carbonyl (C=O) groups is 1. The van der Waals surface area contributed by atoms with Crippen molar-refractivity contribution in [1.29, 1.82) is 0 Å². The van der Waals surface area contributed by atoms with Crippen LogP contribution in [-0.2, 0) is 6.54 Å². The maximum Gasteiger partial charge on any atom is 0.253 e. The van der Waals surface area contributed by atoms with Gasteiger partial charge in [-0.15, -0.1) is 10.2 Å². The molecule has 2 aromatic carbocycles. The summed E-state index contributed by atoms with van der Waals surface area (Å²) < 4.78 is 19.7. The summed E-state index contributed by atoms with van der Waals surface area (Å²) in [5, 5.41) is 8.28. The van der Waals surface area contributed by atoms with Gasteiger partial charge in [0, 0.05) is 36.2 Å². The van der Waals surface area contributed by atoms with Crippen LogP contribution in [-0.4, -0.2) is 52.1 Å². The van der Waals surface area contributed by atoms with E-state index in [9.17, 15) is 9.18 Å². The van der Waals surface area contributed by atoms with Gasteiger partial charge in [-0.05, 0) is 52.3 Å². The maximum absolute atomic E-state index is 13.0. The number of rotatable bonds is 4. The minimum atomic E-state index is -0.345. The number of aromatic nitrogens is 2. The van der Waals surface area contributed by atoms with Gasteiger partial charge in [0.1, 0.15) is 5.82 Å². The SMILES string of the molecule is O=C(c1ccc(F)cc1)N1CCN(Cc2nnc(-c3ccccc3Br)o2)CC1. The van der Waals surface area contributed by atoms with E-state index in [4.69, 9.17) is 4.42 Å². The summed E-state index contributed by atoms with van der Waals surface area (Å²) in [5.41, 5.74) is 1.36. The molecule has 4 rings (SSSR count). The van der Waals surface area contributed by atoms with E-state index < -0.39 is 0 Å². The normalized spacial score (nSPS) is 15.0. The molecule has 1 aliphatic rings. The fourth-order valence-corrected chi connectivity index (χ4v) is 3.59. The van der Waals surface area contributed by atoms with Crippen LogP contribution in [0, 0.1) is 5.82 Å². The third-order valence-corrected chi connectivity index (χ3v) is 5.37. The van der Waals surface area contributed by atoms with Crippen molar-refractivity contribution in [2.24, 2.45) is 0 Å². The van der Waals surface area contributed by atoms with Crippen LogP contribution in [0.1, 0.15) is 16.2 Å². The standard InChI is InChI=1S/C20H18BrFN4O2/c21-17-4-2-1-3-16(17)19-24-23-18(28-19)13-25-9-11-26(12-10-25)20(27)14-5-7-15(22)8-6-14/h1-8H,9-13H2. The molecule has 28 heavy (non-hydrogen) atoms. The zero-order chi connectivity index (χ0) is 19.5. The Morgan fingerprint density at radius 3 is 2.46 bits per heavy atom. The molecule has 6 nitrogen and oxygen atoms in total. The van der Waals surface area contributed by atoms with E-state index in [2.05, 4.69) is 31.0 Å². The van der Waals surface area contributed by atoms with Crippen LogP contribution in [0.4, 0.5) is 4.39 Å². The van der Waals surface area contributed by atoms with Gasteiger partial charge in [0.15, 0.2) is 0 Å². The third kappa shape index (κ3) is 4.13.